The molecule has 0 spiro atoms. The van der Waals surface area contributed by atoms with Gasteiger partial charge in [-0.15, -0.1) is 0 Å². The first-order chi connectivity index (χ1) is 9.41. The van der Waals surface area contributed by atoms with Crippen LogP contribution in [-0.2, 0) is 4.74 Å². The summed E-state index contributed by atoms with van der Waals surface area (Å²) in [7, 11) is 0. The zero-order valence-corrected chi connectivity index (χ0v) is 11.8. The fourth-order valence-electron chi connectivity index (χ4n) is 1.38. The van der Waals surface area contributed by atoms with E-state index in [1.165, 1.54) is 18.2 Å². The average Bonchev–Trinajstić information content (AvgIpc) is 2.37. The van der Waals surface area contributed by atoms with Gasteiger partial charge in [-0.25, -0.2) is 0 Å². The van der Waals surface area contributed by atoms with Gasteiger partial charge in [0.2, 0.25) is 0 Å². The van der Waals surface area contributed by atoms with Gasteiger partial charge in [0.15, 0.2) is 0 Å². The minimum Gasteiger partial charge on any atom is -0.375 e. The van der Waals surface area contributed by atoms with Gasteiger partial charge in [0.1, 0.15) is 5.02 Å². The quantitative estimate of drug-likeness (QED) is 0.363. The standard InChI is InChI=1S/C13H15ClN2O4/c1-9(2)8-20-6-5-15-13(17)10-3-4-12(16(18)19)11(14)7-10/h3-4,7H,1,5-6,8H2,2H3,(H,15,17). The maximum Gasteiger partial charge on any atom is 0.287 e. The van der Waals surface area contributed by atoms with Crippen molar-refractivity contribution in [3.8, 4) is 0 Å². The van der Waals surface area contributed by atoms with Crippen molar-refractivity contribution >= 4 is 23.2 Å². The van der Waals surface area contributed by atoms with Crippen molar-refractivity contribution in [2.24, 2.45) is 0 Å². The van der Waals surface area contributed by atoms with Gasteiger partial charge in [0, 0.05) is 18.2 Å². The molecule has 6 nitrogen and oxygen atoms in total. The van der Waals surface area contributed by atoms with Crippen LogP contribution in [0.1, 0.15) is 17.3 Å². The maximum absolute atomic E-state index is 11.8. The van der Waals surface area contributed by atoms with Crippen molar-refractivity contribution in [3.63, 3.8) is 0 Å². The smallest absolute Gasteiger partial charge is 0.287 e. The van der Waals surface area contributed by atoms with E-state index >= 15 is 0 Å². The number of hydrogen-bond acceptors (Lipinski definition) is 4. The van der Waals surface area contributed by atoms with Crippen LogP contribution in [0.4, 0.5) is 5.69 Å². The third kappa shape index (κ3) is 4.99. The summed E-state index contributed by atoms with van der Waals surface area (Å²) in [6, 6.07) is 3.83. The Bertz CT molecular complexity index is 531. The Kier molecular flexibility index (Phi) is 6.14. The summed E-state index contributed by atoms with van der Waals surface area (Å²) in [5, 5.41) is 13.2. The lowest BCUT2D eigenvalue weighted by atomic mass is 10.2. The molecule has 0 aliphatic heterocycles. The molecule has 1 aromatic carbocycles. The highest BCUT2D eigenvalue weighted by Gasteiger charge is 2.14. The summed E-state index contributed by atoms with van der Waals surface area (Å²) in [5.74, 6) is -0.360. The van der Waals surface area contributed by atoms with E-state index in [4.69, 9.17) is 16.3 Å². The summed E-state index contributed by atoms with van der Waals surface area (Å²) in [6.45, 7) is 6.67. The molecule has 1 aromatic rings. The predicted octanol–water partition coefficient (Wildman–Crippen LogP) is 2.57. The first-order valence-electron chi connectivity index (χ1n) is 5.86. The van der Waals surface area contributed by atoms with Crippen LogP contribution in [0.25, 0.3) is 0 Å². The lowest BCUT2D eigenvalue weighted by molar-refractivity contribution is -0.384. The molecule has 7 heteroatoms. The molecule has 0 aliphatic carbocycles. The Balaban J connectivity index is 2.50. The molecule has 0 fully saturated rings. The second kappa shape index (κ2) is 7.62. The fraction of sp³-hybridized carbons (Fsp3) is 0.308. The highest BCUT2D eigenvalue weighted by atomic mass is 35.5. The number of nitro benzene ring substituents is 1. The fourth-order valence-corrected chi connectivity index (χ4v) is 1.63. The molecule has 1 amide bonds. The number of nitrogens with zero attached hydrogens (tertiary/aromatic N) is 1. The molecule has 0 atom stereocenters. The molecular weight excluding hydrogens is 284 g/mol. The second-order valence-corrected chi connectivity index (χ2v) is 4.60. The van der Waals surface area contributed by atoms with E-state index in [1.54, 1.807) is 0 Å². The number of carbonyl (C=O) groups excluding carboxylic acids is 1. The van der Waals surface area contributed by atoms with E-state index in [0.717, 1.165) is 5.57 Å². The van der Waals surface area contributed by atoms with Gasteiger partial charge in [-0.05, 0) is 19.1 Å². The number of hydrogen-bond donors (Lipinski definition) is 1. The van der Waals surface area contributed by atoms with E-state index in [-0.39, 0.29) is 22.2 Å². The lowest BCUT2D eigenvalue weighted by Gasteiger charge is -2.06. The Labute approximate surface area is 121 Å². The van der Waals surface area contributed by atoms with Crippen LogP contribution >= 0.6 is 11.6 Å². The molecule has 0 radical (unpaired) electrons. The molecule has 0 heterocycles. The maximum atomic E-state index is 11.8. The van der Waals surface area contributed by atoms with E-state index in [0.29, 0.717) is 19.8 Å². The molecule has 1 N–H and O–H groups in total. The third-order valence-electron chi connectivity index (χ3n) is 2.29. The monoisotopic (exact) mass is 298 g/mol. The van der Waals surface area contributed by atoms with Crippen LogP contribution in [0.15, 0.2) is 30.4 Å². The number of benzene rings is 1. The van der Waals surface area contributed by atoms with E-state index in [9.17, 15) is 14.9 Å². The second-order valence-electron chi connectivity index (χ2n) is 4.19. The predicted molar refractivity (Wildman–Crippen MR) is 76.1 cm³/mol. The number of amides is 1. The Morgan fingerprint density at radius 1 is 1.55 bits per heavy atom. The Hall–Kier alpha value is -1.92. The van der Waals surface area contributed by atoms with Crippen LogP contribution in [0.2, 0.25) is 5.02 Å². The van der Waals surface area contributed by atoms with Crippen LogP contribution in [-0.4, -0.2) is 30.6 Å². The molecule has 0 aliphatic rings. The molecule has 1 rings (SSSR count). The first-order valence-corrected chi connectivity index (χ1v) is 6.24. The molecule has 0 saturated carbocycles. The summed E-state index contributed by atoms with van der Waals surface area (Å²) in [5.41, 5.74) is 0.937. The minimum atomic E-state index is -0.602. The van der Waals surface area contributed by atoms with Gasteiger partial charge >= 0.3 is 0 Å². The van der Waals surface area contributed by atoms with Crippen molar-refractivity contribution in [2.45, 2.75) is 6.92 Å². The first kappa shape index (κ1) is 16.1. The Morgan fingerprint density at radius 2 is 2.25 bits per heavy atom. The summed E-state index contributed by atoms with van der Waals surface area (Å²) >= 11 is 5.73. The number of halogens is 1. The van der Waals surface area contributed by atoms with E-state index in [1.807, 2.05) is 6.92 Å². The van der Waals surface area contributed by atoms with Gasteiger partial charge in [-0.2, -0.15) is 0 Å². The molecule has 0 saturated heterocycles. The lowest BCUT2D eigenvalue weighted by Crippen LogP contribution is -2.27. The summed E-state index contributed by atoms with van der Waals surface area (Å²) in [6.07, 6.45) is 0. The third-order valence-corrected chi connectivity index (χ3v) is 2.59. The molecule has 0 unspecified atom stereocenters. The van der Waals surface area contributed by atoms with E-state index in [2.05, 4.69) is 11.9 Å². The van der Waals surface area contributed by atoms with Crippen LogP contribution < -0.4 is 5.32 Å². The number of rotatable bonds is 7. The van der Waals surface area contributed by atoms with Crippen molar-refractivity contribution in [3.05, 3.63) is 51.1 Å². The highest BCUT2D eigenvalue weighted by molar-refractivity contribution is 6.33. The minimum absolute atomic E-state index is 0.0683. The molecule has 0 bridgehead atoms. The van der Waals surface area contributed by atoms with Gasteiger partial charge in [-0.3, -0.25) is 14.9 Å². The van der Waals surface area contributed by atoms with Crippen LogP contribution in [0.5, 0.6) is 0 Å². The van der Waals surface area contributed by atoms with Gasteiger partial charge in [0.25, 0.3) is 11.6 Å². The number of nitrogens with one attached hydrogen (secondary N) is 1. The number of nitro groups is 1. The molecule has 20 heavy (non-hydrogen) atoms. The zero-order chi connectivity index (χ0) is 15.1. The SMILES string of the molecule is C=C(C)COCCNC(=O)c1ccc([N+](=O)[O-])c(Cl)c1. The topological polar surface area (TPSA) is 81.5 Å². The van der Waals surface area contributed by atoms with Crippen molar-refractivity contribution in [2.75, 3.05) is 19.8 Å². The van der Waals surface area contributed by atoms with Crippen LogP contribution in [0, 0.1) is 10.1 Å². The van der Waals surface area contributed by atoms with Gasteiger partial charge < -0.3 is 10.1 Å². The zero-order valence-electron chi connectivity index (χ0n) is 11.0. The molecule has 0 aromatic heterocycles. The number of ether oxygens (including phenoxy) is 1. The average molecular weight is 299 g/mol. The molecule has 108 valence electrons. The largest absolute Gasteiger partial charge is 0.375 e. The summed E-state index contributed by atoms with van der Waals surface area (Å²) in [4.78, 5) is 21.8. The highest BCUT2D eigenvalue weighted by Crippen LogP contribution is 2.24. The van der Waals surface area contributed by atoms with Crippen molar-refractivity contribution in [1.29, 1.82) is 0 Å². The van der Waals surface area contributed by atoms with Gasteiger partial charge in [-0.1, -0.05) is 23.8 Å². The van der Waals surface area contributed by atoms with Crippen LogP contribution in [0.3, 0.4) is 0 Å². The normalized spacial score (nSPS) is 10.1. The van der Waals surface area contributed by atoms with Gasteiger partial charge in [0.05, 0.1) is 18.1 Å². The van der Waals surface area contributed by atoms with Crippen molar-refractivity contribution in [1.82, 2.24) is 5.32 Å². The Morgan fingerprint density at radius 3 is 2.80 bits per heavy atom. The summed E-state index contributed by atoms with van der Waals surface area (Å²) < 4.78 is 5.23. The van der Waals surface area contributed by atoms with Crippen molar-refractivity contribution < 1.29 is 14.5 Å². The molecular formula is C13H15ClN2O4. The number of carbonyl (C=O) groups is 1. The van der Waals surface area contributed by atoms with E-state index < -0.39 is 4.92 Å².